The largest absolute Gasteiger partial charge is 0.496 e. The molecule has 19 heavy (non-hydrogen) atoms. The van der Waals surface area contributed by atoms with Crippen LogP contribution >= 0.6 is 0 Å². The second-order valence-corrected chi connectivity index (χ2v) is 5.49. The number of aryl methyl sites for hydroxylation is 2. The van der Waals surface area contributed by atoms with Gasteiger partial charge in [-0.15, -0.1) is 0 Å². The standard InChI is InChI=1S/C16H26N2O/c1-12-10-15(16(19-4)11-13(12)2)14(3)18-8-5-6-17-7-9-18/h10-11,14,17H,5-9H2,1-4H3. The molecule has 106 valence electrons. The van der Waals surface area contributed by atoms with Gasteiger partial charge in [0.15, 0.2) is 0 Å². The molecular weight excluding hydrogens is 236 g/mol. The predicted octanol–water partition coefficient (Wildman–Crippen LogP) is 2.67. The maximum Gasteiger partial charge on any atom is 0.123 e. The van der Waals surface area contributed by atoms with Gasteiger partial charge in [-0.2, -0.15) is 0 Å². The molecule has 1 fully saturated rings. The Labute approximate surface area is 116 Å². The molecule has 3 heteroatoms. The summed E-state index contributed by atoms with van der Waals surface area (Å²) in [7, 11) is 1.77. The average Bonchev–Trinajstić information content (AvgIpc) is 2.69. The fraction of sp³-hybridized carbons (Fsp3) is 0.625. The van der Waals surface area contributed by atoms with E-state index in [2.05, 4.69) is 43.1 Å². The van der Waals surface area contributed by atoms with E-state index in [-0.39, 0.29) is 0 Å². The van der Waals surface area contributed by atoms with E-state index in [1.165, 1.54) is 23.1 Å². The first-order valence-electron chi connectivity index (χ1n) is 7.23. The number of nitrogens with zero attached hydrogens (tertiary/aromatic N) is 1. The first-order chi connectivity index (χ1) is 9.13. The lowest BCUT2D eigenvalue weighted by Gasteiger charge is -2.29. The fourth-order valence-electron chi connectivity index (χ4n) is 2.77. The molecule has 2 rings (SSSR count). The van der Waals surface area contributed by atoms with Gasteiger partial charge in [0, 0.05) is 24.7 Å². The summed E-state index contributed by atoms with van der Waals surface area (Å²) < 4.78 is 5.58. The summed E-state index contributed by atoms with van der Waals surface area (Å²) in [6.07, 6.45) is 1.22. The van der Waals surface area contributed by atoms with Crippen LogP contribution in [0.4, 0.5) is 0 Å². The van der Waals surface area contributed by atoms with Crippen molar-refractivity contribution in [3.8, 4) is 5.75 Å². The van der Waals surface area contributed by atoms with Crippen molar-refractivity contribution in [1.29, 1.82) is 0 Å². The lowest BCUT2D eigenvalue weighted by molar-refractivity contribution is 0.221. The second kappa shape index (κ2) is 6.40. The van der Waals surface area contributed by atoms with E-state index < -0.39 is 0 Å². The molecule has 1 aromatic carbocycles. The molecule has 0 amide bonds. The summed E-state index contributed by atoms with van der Waals surface area (Å²) in [4.78, 5) is 2.55. The van der Waals surface area contributed by atoms with Crippen LogP contribution < -0.4 is 10.1 Å². The Morgan fingerprint density at radius 3 is 2.63 bits per heavy atom. The van der Waals surface area contributed by atoms with E-state index in [0.29, 0.717) is 6.04 Å². The van der Waals surface area contributed by atoms with Gasteiger partial charge in [-0.3, -0.25) is 4.90 Å². The van der Waals surface area contributed by atoms with E-state index in [4.69, 9.17) is 4.74 Å². The fourth-order valence-corrected chi connectivity index (χ4v) is 2.77. The number of hydrogen-bond acceptors (Lipinski definition) is 3. The summed E-state index contributed by atoms with van der Waals surface area (Å²) in [5, 5.41) is 3.46. The minimum Gasteiger partial charge on any atom is -0.496 e. The first-order valence-corrected chi connectivity index (χ1v) is 7.23. The molecule has 1 aliphatic heterocycles. The maximum absolute atomic E-state index is 5.58. The quantitative estimate of drug-likeness (QED) is 0.906. The second-order valence-electron chi connectivity index (χ2n) is 5.49. The highest BCUT2D eigenvalue weighted by Crippen LogP contribution is 2.31. The van der Waals surface area contributed by atoms with Crippen molar-refractivity contribution >= 4 is 0 Å². The van der Waals surface area contributed by atoms with Gasteiger partial charge in [0.2, 0.25) is 0 Å². The number of rotatable bonds is 3. The van der Waals surface area contributed by atoms with Gasteiger partial charge in [0.1, 0.15) is 5.75 Å². The lowest BCUT2D eigenvalue weighted by Crippen LogP contribution is -2.31. The molecule has 1 heterocycles. The number of ether oxygens (including phenoxy) is 1. The Kier molecular flexibility index (Phi) is 4.83. The Balaban J connectivity index is 2.26. The highest BCUT2D eigenvalue weighted by Gasteiger charge is 2.20. The molecule has 1 aliphatic rings. The highest BCUT2D eigenvalue weighted by molar-refractivity contribution is 5.43. The average molecular weight is 262 g/mol. The zero-order valence-electron chi connectivity index (χ0n) is 12.6. The molecule has 1 aromatic rings. The van der Waals surface area contributed by atoms with E-state index >= 15 is 0 Å². The summed E-state index contributed by atoms with van der Waals surface area (Å²) in [5.74, 6) is 1.02. The van der Waals surface area contributed by atoms with Gasteiger partial charge in [0.05, 0.1) is 7.11 Å². The van der Waals surface area contributed by atoms with E-state index in [0.717, 1.165) is 31.9 Å². The number of nitrogens with one attached hydrogen (secondary N) is 1. The van der Waals surface area contributed by atoms with E-state index in [9.17, 15) is 0 Å². The van der Waals surface area contributed by atoms with E-state index in [1.54, 1.807) is 7.11 Å². The van der Waals surface area contributed by atoms with Crippen molar-refractivity contribution < 1.29 is 4.74 Å². The lowest BCUT2D eigenvalue weighted by atomic mass is 9.99. The molecule has 0 saturated carbocycles. The molecule has 0 aromatic heterocycles. The Morgan fingerprint density at radius 2 is 1.89 bits per heavy atom. The monoisotopic (exact) mass is 262 g/mol. The van der Waals surface area contributed by atoms with Crippen LogP contribution in [-0.2, 0) is 0 Å². The third kappa shape index (κ3) is 3.28. The van der Waals surface area contributed by atoms with Crippen molar-refractivity contribution in [2.45, 2.75) is 33.2 Å². The van der Waals surface area contributed by atoms with Crippen LogP contribution in [0.2, 0.25) is 0 Å². The Bertz CT molecular complexity index is 423. The van der Waals surface area contributed by atoms with Gasteiger partial charge in [-0.25, -0.2) is 0 Å². The Morgan fingerprint density at radius 1 is 1.16 bits per heavy atom. The summed E-state index contributed by atoms with van der Waals surface area (Å²) >= 11 is 0. The number of hydrogen-bond donors (Lipinski definition) is 1. The molecule has 0 spiro atoms. The molecule has 1 N–H and O–H groups in total. The van der Waals surface area contributed by atoms with Crippen molar-refractivity contribution in [3.63, 3.8) is 0 Å². The van der Waals surface area contributed by atoms with Crippen LogP contribution in [0.25, 0.3) is 0 Å². The van der Waals surface area contributed by atoms with Crippen LogP contribution in [0.1, 0.15) is 36.1 Å². The molecule has 1 atom stereocenters. The normalized spacial score (nSPS) is 18.9. The molecule has 3 nitrogen and oxygen atoms in total. The van der Waals surface area contributed by atoms with Crippen molar-refractivity contribution in [2.24, 2.45) is 0 Å². The third-order valence-electron chi connectivity index (χ3n) is 4.22. The zero-order valence-corrected chi connectivity index (χ0v) is 12.6. The van der Waals surface area contributed by atoms with Gasteiger partial charge < -0.3 is 10.1 Å². The summed E-state index contributed by atoms with van der Waals surface area (Å²) in [5.41, 5.74) is 3.95. The Hall–Kier alpha value is -1.06. The van der Waals surface area contributed by atoms with Crippen molar-refractivity contribution in [2.75, 3.05) is 33.3 Å². The summed E-state index contributed by atoms with van der Waals surface area (Å²) in [6, 6.07) is 4.86. The topological polar surface area (TPSA) is 24.5 Å². The van der Waals surface area contributed by atoms with Crippen LogP contribution in [-0.4, -0.2) is 38.2 Å². The van der Waals surface area contributed by atoms with Crippen LogP contribution in [0, 0.1) is 13.8 Å². The minimum absolute atomic E-state index is 0.411. The molecular formula is C16H26N2O. The van der Waals surface area contributed by atoms with Crippen LogP contribution in [0.15, 0.2) is 12.1 Å². The number of benzene rings is 1. The molecule has 0 radical (unpaired) electrons. The van der Waals surface area contributed by atoms with Gasteiger partial charge in [0.25, 0.3) is 0 Å². The zero-order chi connectivity index (χ0) is 13.8. The molecule has 1 unspecified atom stereocenters. The van der Waals surface area contributed by atoms with Gasteiger partial charge in [-0.05, 0) is 57.5 Å². The van der Waals surface area contributed by atoms with E-state index in [1.807, 2.05) is 0 Å². The van der Waals surface area contributed by atoms with Crippen LogP contribution in [0.5, 0.6) is 5.75 Å². The SMILES string of the molecule is COc1cc(C)c(C)cc1C(C)N1CCCNCC1. The van der Waals surface area contributed by atoms with Gasteiger partial charge in [-0.1, -0.05) is 6.07 Å². The summed E-state index contributed by atoms with van der Waals surface area (Å²) in [6.45, 7) is 11.1. The molecule has 0 bridgehead atoms. The van der Waals surface area contributed by atoms with Crippen molar-refractivity contribution in [3.05, 3.63) is 28.8 Å². The third-order valence-corrected chi connectivity index (χ3v) is 4.22. The first kappa shape index (κ1) is 14.4. The predicted molar refractivity (Wildman–Crippen MR) is 79.9 cm³/mol. The smallest absolute Gasteiger partial charge is 0.123 e. The number of methoxy groups -OCH3 is 1. The molecule has 0 aliphatic carbocycles. The minimum atomic E-state index is 0.411. The molecule has 1 saturated heterocycles. The maximum atomic E-state index is 5.58. The van der Waals surface area contributed by atoms with Crippen molar-refractivity contribution in [1.82, 2.24) is 10.2 Å². The highest BCUT2D eigenvalue weighted by atomic mass is 16.5. The van der Waals surface area contributed by atoms with Crippen LogP contribution in [0.3, 0.4) is 0 Å². The van der Waals surface area contributed by atoms with Gasteiger partial charge >= 0.3 is 0 Å².